The van der Waals surface area contributed by atoms with Crippen LogP contribution in [0.1, 0.15) is 23.2 Å². The molecule has 0 aliphatic rings. The number of nitrogens with zero attached hydrogens (tertiary/aromatic N) is 1. The standard InChI is InChI=1S/C21H20ClNO2/c1-14-3-6-16(7-4-14)20-11-9-17(10-12-21(24)25)23(20)18-8-5-15(2)19(22)13-18/h3-9,11,13H,10,12H2,1-2H3,(H,24,25). The molecule has 3 nitrogen and oxygen atoms in total. The second-order valence-corrected chi connectivity index (χ2v) is 6.65. The molecule has 1 heterocycles. The van der Waals surface area contributed by atoms with Crippen LogP contribution in [0.15, 0.2) is 54.6 Å². The lowest BCUT2D eigenvalue weighted by Gasteiger charge is -2.15. The summed E-state index contributed by atoms with van der Waals surface area (Å²) >= 11 is 6.32. The van der Waals surface area contributed by atoms with Crippen LogP contribution in [0.5, 0.6) is 0 Å². The van der Waals surface area contributed by atoms with Crippen molar-refractivity contribution in [3.05, 3.63) is 76.4 Å². The summed E-state index contributed by atoms with van der Waals surface area (Å²) in [6.45, 7) is 4.02. The monoisotopic (exact) mass is 353 g/mol. The Hall–Kier alpha value is -2.52. The minimum absolute atomic E-state index is 0.0942. The van der Waals surface area contributed by atoms with Gasteiger partial charge in [0.15, 0.2) is 0 Å². The van der Waals surface area contributed by atoms with Crippen LogP contribution in [0, 0.1) is 13.8 Å². The Balaban J connectivity index is 2.13. The Morgan fingerprint density at radius 1 is 1.04 bits per heavy atom. The molecule has 0 saturated heterocycles. The van der Waals surface area contributed by atoms with Crippen LogP contribution in [-0.2, 0) is 11.2 Å². The molecule has 3 aromatic rings. The zero-order valence-corrected chi connectivity index (χ0v) is 15.0. The Bertz CT molecular complexity index is 910. The lowest BCUT2D eigenvalue weighted by atomic mass is 10.1. The topological polar surface area (TPSA) is 42.2 Å². The van der Waals surface area contributed by atoms with Crippen LogP contribution in [0.3, 0.4) is 0 Å². The molecule has 0 atom stereocenters. The molecule has 128 valence electrons. The number of aliphatic carboxylic acids is 1. The molecule has 0 saturated carbocycles. The highest BCUT2D eigenvalue weighted by atomic mass is 35.5. The van der Waals surface area contributed by atoms with Gasteiger partial charge < -0.3 is 9.67 Å². The van der Waals surface area contributed by atoms with E-state index in [1.807, 2.05) is 37.3 Å². The van der Waals surface area contributed by atoms with E-state index in [4.69, 9.17) is 16.7 Å². The van der Waals surface area contributed by atoms with Crippen LogP contribution in [0.25, 0.3) is 16.9 Å². The van der Waals surface area contributed by atoms with Crippen molar-refractivity contribution in [2.45, 2.75) is 26.7 Å². The summed E-state index contributed by atoms with van der Waals surface area (Å²) in [5, 5.41) is 9.74. The van der Waals surface area contributed by atoms with Crippen molar-refractivity contribution in [3.63, 3.8) is 0 Å². The first kappa shape index (κ1) is 17.3. The van der Waals surface area contributed by atoms with Gasteiger partial charge in [0.2, 0.25) is 0 Å². The third-order valence-electron chi connectivity index (χ3n) is 4.32. The summed E-state index contributed by atoms with van der Waals surface area (Å²) in [5.41, 5.74) is 6.23. The summed E-state index contributed by atoms with van der Waals surface area (Å²) in [5.74, 6) is -0.799. The predicted molar refractivity (Wildman–Crippen MR) is 102 cm³/mol. The number of aromatic nitrogens is 1. The highest BCUT2D eigenvalue weighted by Gasteiger charge is 2.14. The van der Waals surface area contributed by atoms with Gasteiger partial charge in [-0.2, -0.15) is 0 Å². The summed E-state index contributed by atoms with van der Waals surface area (Å²) in [4.78, 5) is 11.0. The molecule has 4 heteroatoms. The molecule has 2 aromatic carbocycles. The predicted octanol–water partition coefficient (Wildman–Crippen LogP) is 5.43. The van der Waals surface area contributed by atoms with Gasteiger partial charge in [0.05, 0.1) is 12.1 Å². The van der Waals surface area contributed by atoms with Crippen LogP contribution >= 0.6 is 11.6 Å². The molecule has 0 aliphatic heterocycles. The van der Waals surface area contributed by atoms with Gasteiger partial charge in [0.25, 0.3) is 0 Å². The zero-order chi connectivity index (χ0) is 18.0. The summed E-state index contributed by atoms with van der Waals surface area (Å²) in [6.07, 6.45) is 0.559. The first-order valence-electron chi connectivity index (χ1n) is 8.21. The number of halogens is 1. The molecule has 1 N–H and O–H groups in total. The summed E-state index contributed by atoms with van der Waals surface area (Å²) < 4.78 is 2.10. The van der Waals surface area contributed by atoms with Crippen molar-refractivity contribution in [3.8, 4) is 16.9 Å². The van der Waals surface area contributed by atoms with E-state index in [2.05, 4.69) is 35.8 Å². The number of carbonyl (C=O) groups is 1. The second kappa shape index (κ2) is 7.16. The maximum atomic E-state index is 11.0. The van der Waals surface area contributed by atoms with Gasteiger partial charge in [-0.3, -0.25) is 4.79 Å². The van der Waals surface area contributed by atoms with Gasteiger partial charge in [-0.25, -0.2) is 0 Å². The number of hydrogen-bond donors (Lipinski definition) is 1. The van der Waals surface area contributed by atoms with E-state index in [9.17, 15) is 4.79 Å². The van der Waals surface area contributed by atoms with E-state index >= 15 is 0 Å². The first-order valence-corrected chi connectivity index (χ1v) is 8.59. The molecule has 0 radical (unpaired) electrons. The molecule has 3 rings (SSSR count). The van der Waals surface area contributed by atoms with Crippen LogP contribution in [0.2, 0.25) is 5.02 Å². The number of benzene rings is 2. The van der Waals surface area contributed by atoms with Crippen molar-refractivity contribution < 1.29 is 9.90 Å². The molecule has 0 spiro atoms. The Morgan fingerprint density at radius 3 is 2.40 bits per heavy atom. The maximum absolute atomic E-state index is 11.0. The number of hydrogen-bond acceptors (Lipinski definition) is 1. The quantitative estimate of drug-likeness (QED) is 0.664. The van der Waals surface area contributed by atoms with E-state index < -0.39 is 5.97 Å². The van der Waals surface area contributed by atoms with Crippen molar-refractivity contribution >= 4 is 17.6 Å². The van der Waals surface area contributed by atoms with Gasteiger partial charge in [0.1, 0.15) is 0 Å². The van der Waals surface area contributed by atoms with E-state index in [-0.39, 0.29) is 6.42 Å². The van der Waals surface area contributed by atoms with Crippen molar-refractivity contribution in [1.82, 2.24) is 4.57 Å². The second-order valence-electron chi connectivity index (χ2n) is 6.24. The van der Waals surface area contributed by atoms with Gasteiger partial charge in [0, 0.05) is 16.4 Å². The smallest absolute Gasteiger partial charge is 0.303 e. The number of rotatable bonds is 5. The van der Waals surface area contributed by atoms with Crippen LogP contribution in [0.4, 0.5) is 0 Å². The highest BCUT2D eigenvalue weighted by molar-refractivity contribution is 6.31. The van der Waals surface area contributed by atoms with Crippen molar-refractivity contribution in [1.29, 1.82) is 0 Å². The molecule has 1 aromatic heterocycles. The zero-order valence-electron chi connectivity index (χ0n) is 14.3. The SMILES string of the molecule is Cc1ccc(-c2ccc(CCC(=O)O)n2-c2ccc(C)c(Cl)c2)cc1. The molecular formula is C21H20ClNO2. The largest absolute Gasteiger partial charge is 0.481 e. The van der Waals surface area contributed by atoms with Gasteiger partial charge in [-0.1, -0.05) is 47.5 Å². The molecule has 0 amide bonds. The minimum atomic E-state index is -0.799. The maximum Gasteiger partial charge on any atom is 0.303 e. The Morgan fingerprint density at radius 2 is 1.76 bits per heavy atom. The van der Waals surface area contributed by atoms with Crippen LogP contribution in [-0.4, -0.2) is 15.6 Å². The van der Waals surface area contributed by atoms with E-state index in [1.165, 1.54) is 5.56 Å². The van der Waals surface area contributed by atoms with E-state index in [0.29, 0.717) is 11.4 Å². The fourth-order valence-electron chi connectivity index (χ4n) is 2.88. The van der Waals surface area contributed by atoms with Gasteiger partial charge in [-0.15, -0.1) is 0 Å². The van der Waals surface area contributed by atoms with Crippen molar-refractivity contribution in [2.24, 2.45) is 0 Å². The molecule has 0 bridgehead atoms. The number of aryl methyl sites for hydroxylation is 3. The molecule has 0 fully saturated rings. The third kappa shape index (κ3) is 3.77. The Labute approximate surface area is 152 Å². The third-order valence-corrected chi connectivity index (χ3v) is 4.72. The molecule has 0 unspecified atom stereocenters. The first-order chi connectivity index (χ1) is 12.0. The number of carboxylic acid groups (broad SMARTS) is 1. The summed E-state index contributed by atoms with van der Waals surface area (Å²) in [6, 6.07) is 18.3. The number of carboxylic acids is 1. The normalized spacial score (nSPS) is 10.8. The fourth-order valence-corrected chi connectivity index (χ4v) is 3.06. The average molecular weight is 354 g/mol. The lowest BCUT2D eigenvalue weighted by Crippen LogP contribution is -2.05. The Kier molecular flexibility index (Phi) is 4.95. The van der Waals surface area contributed by atoms with E-state index in [0.717, 1.165) is 28.2 Å². The average Bonchev–Trinajstić information content (AvgIpc) is 3.00. The molecular weight excluding hydrogens is 334 g/mol. The van der Waals surface area contributed by atoms with Crippen LogP contribution < -0.4 is 0 Å². The minimum Gasteiger partial charge on any atom is -0.481 e. The summed E-state index contributed by atoms with van der Waals surface area (Å²) in [7, 11) is 0. The van der Waals surface area contributed by atoms with Gasteiger partial charge >= 0.3 is 5.97 Å². The van der Waals surface area contributed by atoms with Gasteiger partial charge in [-0.05, 0) is 55.7 Å². The fraction of sp³-hybridized carbons (Fsp3) is 0.190. The molecule has 0 aliphatic carbocycles. The lowest BCUT2D eigenvalue weighted by molar-refractivity contribution is -0.136. The van der Waals surface area contributed by atoms with E-state index in [1.54, 1.807) is 0 Å². The highest BCUT2D eigenvalue weighted by Crippen LogP contribution is 2.29. The van der Waals surface area contributed by atoms with Crippen molar-refractivity contribution in [2.75, 3.05) is 0 Å². The molecule has 25 heavy (non-hydrogen) atoms.